The molecule has 0 spiro atoms. The van der Waals surface area contributed by atoms with Crippen molar-refractivity contribution in [2.45, 2.75) is 26.2 Å². The van der Waals surface area contributed by atoms with Crippen LogP contribution in [0, 0.1) is 0 Å². The van der Waals surface area contributed by atoms with Crippen molar-refractivity contribution in [1.82, 2.24) is 14.4 Å². The molecule has 0 saturated carbocycles. The van der Waals surface area contributed by atoms with Crippen molar-refractivity contribution >= 4 is 48.9 Å². The van der Waals surface area contributed by atoms with Gasteiger partial charge in [-0.15, -0.1) is 0 Å². The Morgan fingerprint density at radius 3 is 2.21 bits per heavy atom. The van der Waals surface area contributed by atoms with Gasteiger partial charge in [0, 0.05) is 39.5 Å². The lowest BCUT2D eigenvalue weighted by molar-refractivity contribution is 0.596. The summed E-state index contributed by atoms with van der Waals surface area (Å²) in [6.45, 7) is 6.83. The number of aromatic nitrogens is 3. The Bertz CT molecular complexity index is 1850. The third-order valence-electron chi connectivity index (χ3n) is 6.96. The van der Waals surface area contributed by atoms with Crippen LogP contribution in [0.25, 0.3) is 60.1 Å². The zero-order valence-corrected chi connectivity index (χ0v) is 18.9. The first kappa shape index (κ1) is 18.6. The predicted molar refractivity (Wildman–Crippen MR) is 138 cm³/mol. The molecule has 158 valence electrons. The molecule has 0 fully saturated rings. The van der Waals surface area contributed by atoms with Crippen LogP contribution < -0.4 is 0 Å². The van der Waals surface area contributed by atoms with E-state index in [1.54, 1.807) is 0 Å². The lowest BCUT2D eigenvalue weighted by Gasteiger charge is -2.22. The molecule has 0 aliphatic heterocycles. The Labute approximate surface area is 191 Å². The molecule has 0 aliphatic rings. The second-order valence-corrected chi connectivity index (χ2v) is 10.0. The average Bonchev–Trinajstić information content (AvgIpc) is 3.34. The third kappa shape index (κ3) is 2.51. The lowest BCUT2D eigenvalue weighted by Crippen LogP contribution is -2.12. The summed E-state index contributed by atoms with van der Waals surface area (Å²) in [5, 5.41) is 7.38. The molecule has 3 aromatic carbocycles. The summed E-state index contributed by atoms with van der Waals surface area (Å²) in [5.74, 6) is 0. The Balaban J connectivity index is 1.56. The number of hydrogen-bond acceptors (Lipinski definition) is 2. The van der Waals surface area contributed by atoms with Crippen LogP contribution in [0.2, 0.25) is 0 Å². The van der Waals surface area contributed by atoms with Crippen LogP contribution in [0.1, 0.15) is 26.3 Å². The zero-order valence-electron chi connectivity index (χ0n) is 18.9. The number of para-hydroxylation sites is 1. The van der Waals surface area contributed by atoms with Crippen LogP contribution in [0.4, 0.5) is 0 Å². The largest absolute Gasteiger partial charge is 0.306 e. The van der Waals surface area contributed by atoms with Crippen molar-refractivity contribution in [2.75, 3.05) is 0 Å². The normalized spacial score (nSPS) is 12.7. The molecule has 0 atom stereocenters. The number of hydrogen-bond donors (Lipinski definition) is 0. The van der Waals surface area contributed by atoms with Gasteiger partial charge in [-0.05, 0) is 46.0 Å². The van der Waals surface area contributed by atoms with Gasteiger partial charge in [0.2, 0.25) is 0 Å². The Morgan fingerprint density at radius 1 is 0.667 bits per heavy atom. The van der Waals surface area contributed by atoms with E-state index in [-0.39, 0.29) is 5.41 Å². The summed E-state index contributed by atoms with van der Waals surface area (Å²) in [7, 11) is 0. The van der Waals surface area contributed by atoms with Crippen LogP contribution in [-0.4, -0.2) is 14.4 Å². The fourth-order valence-corrected chi connectivity index (χ4v) is 5.43. The van der Waals surface area contributed by atoms with E-state index in [0.29, 0.717) is 0 Å². The van der Waals surface area contributed by atoms with Crippen LogP contribution in [0.3, 0.4) is 0 Å². The van der Waals surface area contributed by atoms with E-state index in [1.807, 2.05) is 18.6 Å². The van der Waals surface area contributed by atoms with Gasteiger partial charge < -0.3 is 4.40 Å². The van der Waals surface area contributed by atoms with Gasteiger partial charge in [0.25, 0.3) is 0 Å². The van der Waals surface area contributed by atoms with Gasteiger partial charge in [-0.25, -0.2) is 0 Å². The van der Waals surface area contributed by atoms with Crippen LogP contribution in [0.15, 0.2) is 85.3 Å². The number of benzene rings is 3. The maximum atomic E-state index is 4.97. The van der Waals surface area contributed by atoms with E-state index in [2.05, 4.69) is 96.9 Å². The fraction of sp³-hybridized carbons (Fsp3) is 0.133. The molecule has 0 N–H and O–H groups in total. The van der Waals surface area contributed by atoms with Gasteiger partial charge in [-0.1, -0.05) is 63.2 Å². The monoisotopic (exact) mass is 425 g/mol. The summed E-state index contributed by atoms with van der Waals surface area (Å²) in [5.41, 5.74) is 7.10. The molecule has 7 aromatic rings. The van der Waals surface area contributed by atoms with Crippen molar-refractivity contribution in [3.8, 4) is 11.3 Å². The van der Waals surface area contributed by atoms with Gasteiger partial charge in [-0.3, -0.25) is 9.97 Å². The first-order valence-electron chi connectivity index (χ1n) is 11.4. The summed E-state index contributed by atoms with van der Waals surface area (Å²) in [4.78, 5) is 9.56. The molecule has 33 heavy (non-hydrogen) atoms. The molecule has 3 nitrogen and oxygen atoms in total. The van der Waals surface area contributed by atoms with Crippen molar-refractivity contribution in [1.29, 1.82) is 0 Å². The third-order valence-corrected chi connectivity index (χ3v) is 6.96. The first-order valence-corrected chi connectivity index (χ1v) is 11.4. The van der Waals surface area contributed by atoms with Crippen LogP contribution >= 0.6 is 0 Å². The smallest absolute Gasteiger partial charge is 0.0726 e. The molecule has 3 heteroatoms. The molecule has 0 aliphatic carbocycles. The summed E-state index contributed by atoms with van der Waals surface area (Å²) in [6, 6.07) is 24.0. The van der Waals surface area contributed by atoms with Crippen molar-refractivity contribution in [2.24, 2.45) is 0 Å². The SMILES string of the molecule is CC(C)(C)c1cc(-c2cc3c4cncc5c6ccccc6n(c3cn2)c54)cc2ccccc12. The number of pyridine rings is 2. The van der Waals surface area contributed by atoms with E-state index < -0.39 is 0 Å². The first-order chi connectivity index (χ1) is 16.0. The maximum absolute atomic E-state index is 4.97. The van der Waals surface area contributed by atoms with Crippen molar-refractivity contribution in [3.63, 3.8) is 0 Å². The Kier molecular flexibility index (Phi) is 3.54. The van der Waals surface area contributed by atoms with E-state index >= 15 is 0 Å². The highest BCUT2D eigenvalue weighted by atomic mass is 14.9. The summed E-state index contributed by atoms with van der Waals surface area (Å²) >= 11 is 0. The number of fused-ring (bicyclic) bond motifs is 7. The minimum Gasteiger partial charge on any atom is -0.306 e. The van der Waals surface area contributed by atoms with E-state index in [4.69, 9.17) is 4.98 Å². The van der Waals surface area contributed by atoms with Gasteiger partial charge >= 0.3 is 0 Å². The number of rotatable bonds is 1. The average molecular weight is 426 g/mol. The van der Waals surface area contributed by atoms with Gasteiger partial charge in [-0.2, -0.15) is 0 Å². The second-order valence-electron chi connectivity index (χ2n) is 10.0. The fourth-order valence-electron chi connectivity index (χ4n) is 5.43. The lowest BCUT2D eigenvalue weighted by atomic mass is 9.82. The Hall–Kier alpha value is -3.98. The Morgan fingerprint density at radius 2 is 1.39 bits per heavy atom. The van der Waals surface area contributed by atoms with Crippen molar-refractivity contribution < 1.29 is 0 Å². The van der Waals surface area contributed by atoms with E-state index in [0.717, 1.165) is 16.8 Å². The highest BCUT2D eigenvalue weighted by Crippen LogP contribution is 2.40. The molecule has 0 radical (unpaired) electrons. The molecule has 7 rings (SSSR count). The zero-order chi connectivity index (χ0) is 22.3. The van der Waals surface area contributed by atoms with Crippen LogP contribution in [0.5, 0.6) is 0 Å². The molecule has 0 amide bonds. The van der Waals surface area contributed by atoms with Crippen molar-refractivity contribution in [3.05, 3.63) is 90.9 Å². The minimum absolute atomic E-state index is 0.0408. The van der Waals surface area contributed by atoms with E-state index in [1.165, 1.54) is 48.9 Å². The summed E-state index contributed by atoms with van der Waals surface area (Å²) in [6.07, 6.45) is 6.01. The van der Waals surface area contributed by atoms with E-state index in [9.17, 15) is 0 Å². The molecular formula is C30H23N3. The highest BCUT2D eigenvalue weighted by molar-refractivity contribution is 6.22. The minimum atomic E-state index is 0.0408. The predicted octanol–water partition coefficient (Wildman–Crippen LogP) is 7.74. The van der Waals surface area contributed by atoms with Gasteiger partial charge in [0.1, 0.15) is 0 Å². The van der Waals surface area contributed by atoms with Gasteiger partial charge in [0.05, 0.1) is 28.4 Å². The molecule has 4 aromatic heterocycles. The summed E-state index contributed by atoms with van der Waals surface area (Å²) < 4.78 is 2.34. The van der Waals surface area contributed by atoms with Crippen LogP contribution in [-0.2, 0) is 5.41 Å². The highest BCUT2D eigenvalue weighted by Gasteiger charge is 2.21. The molecule has 0 bridgehead atoms. The maximum Gasteiger partial charge on any atom is 0.0726 e. The second kappa shape index (κ2) is 6.29. The molecule has 4 heterocycles. The molecular weight excluding hydrogens is 402 g/mol. The molecule has 0 unspecified atom stereocenters. The standard InChI is InChI=1S/C30H23N3/c1-30(2,3)25-13-19(12-18-8-4-5-9-20(18)25)26-14-22-24-16-31-15-23-21-10-6-7-11-27(21)33(29(23)24)28(22)17-32-26/h4-17H,1-3H3. The molecule has 0 saturated heterocycles. The quantitative estimate of drug-likeness (QED) is 0.269. The topological polar surface area (TPSA) is 30.2 Å². The number of nitrogens with zero attached hydrogens (tertiary/aromatic N) is 3. The van der Waals surface area contributed by atoms with Gasteiger partial charge in [0.15, 0.2) is 0 Å².